The number of hydrogen-bond donors (Lipinski definition) is 1. The molecule has 4 nitrogen and oxygen atoms in total. The van der Waals surface area contributed by atoms with Gasteiger partial charge in [0.2, 0.25) is 0 Å². The predicted molar refractivity (Wildman–Crippen MR) is 104 cm³/mol. The minimum Gasteiger partial charge on any atom is -0.490 e. The fourth-order valence-corrected chi connectivity index (χ4v) is 2.69. The highest BCUT2D eigenvalue weighted by Crippen LogP contribution is 2.37. The van der Waals surface area contributed by atoms with Crippen molar-refractivity contribution in [3.8, 4) is 11.5 Å². The highest BCUT2D eigenvalue weighted by atomic mass is 35.5. The topological polar surface area (TPSA) is 33.7 Å². The first-order valence-electron chi connectivity index (χ1n) is 8.67. The molecule has 1 N–H and O–H groups in total. The molecule has 2 aromatic carbocycles. The third-order valence-electron chi connectivity index (χ3n) is 3.73. The molecule has 0 bridgehead atoms. The summed E-state index contributed by atoms with van der Waals surface area (Å²) in [4.78, 5) is 2.12. The quantitative estimate of drug-likeness (QED) is 0.629. The number of hydrogen-bond acceptors (Lipinski definition) is 4. The minimum absolute atomic E-state index is 0.270. The fourth-order valence-electron chi connectivity index (χ4n) is 2.40. The van der Waals surface area contributed by atoms with Crippen LogP contribution in [-0.4, -0.2) is 38.7 Å². The van der Waals surface area contributed by atoms with Crippen LogP contribution in [0.3, 0.4) is 0 Å². The lowest BCUT2D eigenvalue weighted by molar-refractivity contribution is 0.269. The summed E-state index contributed by atoms with van der Waals surface area (Å²) in [5.74, 6) is 0.856. The van der Waals surface area contributed by atoms with E-state index in [0.717, 1.165) is 24.2 Å². The Morgan fingerprint density at radius 2 is 1.81 bits per heavy atom. The highest BCUT2D eigenvalue weighted by Gasteiger charge is 2.13. The first-order valence-corrected chi connectivity index (χ1v) is 9.05. The molecular formula is C20H26ClFN2O2. The number of rotatable bonds is 10. The van der Waals surface area contributed by atoms with Gasteiger partial charge in [-0.3, -0.25) is 0 Å². The smallest absolute Gasteiger partial charge is 0.180 e. The molecule has 142 valence electrons. The van der Waals surface area contributed by atoms with Gasteiger partial charge < -0.3 is 19.7 Å². The zero-order valence-corrected chi connectivity index (χ0v) is 16.3. The van der Waals surface area contributed by atoms with E-state index in [1.807, 2.05) is 33.2 Å². The molecule has 26 heavy (non-hydrogen) atoms. The van der Waals surface area contributed by atoms with E-state index in [4.69, 9.17) is 21.1 Å². The van der Waals surface area contributed by atoms with E-state index in [0.29, 0.717) is 36.3 Å². The molecule has 0 heterocycles. The summed E-state index contributed by atoms with van der Waals surface area (Å²) >= 11 is 6.42. The summed E-state index contributed by atoms with van der Waals surface area (Å²) in [5, 5.41) is 3.88. The summed E-state index contributed by atoms with van der Waals surface area (Å²) in [5.41, 5.74) is 1.89. The zero-order chi connectivity index (χ0) is 18.9. The Morgan fingerprint density at radius 1 is 1.08 bits per heavy atom. The maximum Gasteiger partial charge on any atom is 0.180 e. The molecule has 0 aliphatic carbocycles. The van der Waals surface area contributed by atoms with E-state index in [1.165, 1.54) is 12.1 Å². The van der Waals surface area contributed by atoms with E-state index in [-0.39, 0.29) is 5.82 Å². The maximum atomic E-state index is 13.0. The molecule has 0 radical (unpaired) electrons. The van der Waals surface area contributed by atoms with Crippen molar-refractivity contribution in [3.63, 3.8) is 0 Å². The van der Waals surface area contributed by atoms with Gasteiger partial charge in [-0.2, -0.15) is 0 Å². The SMILES string of the molecule is CCOc1cc(CNCCN(C)C)cc(Cl)c1OCc1ccc(F)cc1. The van der Waals surface area contributed by atoms with Crippen molar-refractivity contribution in [1.29, 1.82) is 0 Å². The van der Waals surface area contributed by atoms with Crippen LogP contribution in [0.4, 0.5) is 4.39 Å². The lowest BCUT2D eigenvalue weighted by Crippen LogP contribution is -2.26. The Labute approximate surface area is 159 Å². The first kappa shape index (κ1) is 20.5. The molecule has 0 aromatic heterocycles. The van der Waals surface area contributed by atoms with Gasteiger partial charge in [-0.05, 0) is 56.4 Å². The molecule has 0 saturated heterocycles. The summed E-state index contributed by atoms with van der Waals surface area (Å²) in [7, 11) is 4.08. The van der Waals surface area contributed by atoms with E-state index in [2.05, 4.69) is 10.2 Å². The van der Waals surface area contributed by atoms with Gasteiger partial charge in [0, 0.05) is 19.6 Å². The van der Waals surface area contributed by atoms with Gasteiger partial charge in [0.15, 0.2) is 11.5 Å². The van der Waals surface area contributed by atoms with Crippen molar-refractivity contribution in [1.82, 2.24) is 10.2 Å². The van der Waals surface area contributed by atoms with Crippen molar-refractivity contribution < 1.29 is 13.9 Å². The second-order valence-corrected chi connectivity index (χ2v) is 6.64. The number of benzene rings is 2. The standard InChI is InChI=1S/C20H26ClFN2O2/c1-4-25-19-12-16(13-23-9-10-24(2)3)11-18(21)20(19)26-14-15-5-7-17(22)8-6-15/h5-8,11-12,23H,4,9-10,13-14H2,1-3H3. The van der Waals surface area contributed by atoms with Crippen molar-refractivity contribution in [2.75, 3.05) is 33.8 Å². The highest BCUT2D eigenvalue weighted by molar-refractivity contribution is 6.32. The van der Waals surface area contributed by atoms with Crippen molar-refractivity contribution in [2.45, 2.75) is 20.1 Å². The minimum atomic E-state index is -0.270. The molecule has 2 rings (SSSR count). The Kier molecular flexibility index (Phi) is 8.16. The molecule has 0 fully saturated rings. The summed E-state index contributed by atoms with van der Waals surface area (Å²) < 4.78 is 24.6. The number of likely N-dealkylation sites (N-methyl/N-ethyl adjacent to an activating group) is 1. The third-order valence-corrected chi connectivity index (χ3v) is 4.01. The average Bonchev–Trinajstić information content (AvgIpc) is 2.59. The fraction of sp³-hybridized carbons (Fsp3) is 0.400. The number of halogens is 2. The molecule has 2 aromatic rings. The van der Waals surface area contributed by atoms with Gasteiger partial charge in [0.25, 0.3) is 0 Å². The van der Waals surface area contributed by atoms with Gasteiger partial charge in [0.1, 0.15) is 12.4 Å². The largest absolute Gasteiger partial charge is 0.490 e. The van der Waals surface area contributed by atoms with Crippen LogP contribution in [0.5, 0.6) is 11.5 Å². The van der Waals surface area contributed by atoms with Crippen LogP contribution < -0.4 is 14.8 Å². The monoisotopic (exact) mass is 380 g/mol. The van der Waals surface area contributed by atoms with Crippen LogP contribution in [-0.2, 0) is 13.2 Å². The Bertz CT molecular complexity index is 693. The maximum absolute atomic E-state index is 13.0. The van der Waals surface area contributed by atoms with Gasteiger partial charge in [-0.15, -0.1) is 0 Å². The van der Waals surface area contributed by atoms with Gasteiger partial charge in [0.05, 0.1) is 11.6 Å². The second-order valence-electron chi connectivity index (χ2n) is 6.23. The van der Waals surface area contributed by atoms with Crippen LogP contribution in [0.2, 0.25) is 5.02 Å². The molecule has 0 atom stereocenters. The Morgan fingerprint density at radius 3 is 2.46 bits per heavy atom. The lowest BCUT2D eigenvalue weighted by Gasteiger charge is -2.16. The average molecular weight is 381 g/mol. The molecular weight excluding hydrogens is 355 g/mol. The normalized spacial score (nSPS) is 11.0. The van der Waals surface area contributed by atoms with Gasteiger partial charge in [-0.25, -0.2) is 4.39 Å². The van der Waals surface area contributed by atoms with Crippen LogP contribution in [0.25, 0.3) is 0 Å². The molecule has 0 saturated carbocycles. The van der Waals surface area contributed by atoms with E-state index >= 15 is 0 Å². The Hall–Kier alpha value is -1.82. The van der Waals surface area contributed by atoms with Gasteiger partial charge >= 0.3 is 0 Å². The van der Waals surface area contributed by atoms with Crippen LogP contribution in [0, 0.1) is 5.82 Å². The molecule has 0 amide bonds. The van der Waals surface area contributed by atoms with Crippen LogP contribution in [0.15, 0.2) is 36.4 Å². The van der Waals surface area contributed by atoms with E-state index in [9.17, 15) is 4.39 Å². The van der Waals surface area contributed by atoms with Crippen molar-refractivity contribution in [3.05, 3.63) is 58.4 Å². The molecule has 0 aliphatic rings. The molecule has 0 unspecified atom stereocenters. The Balaban J connectivity index is 2.05. The van der Waals surface area contributed by atoms with Crippen molar-refractivity contribution >= 4 is 11.6 Å². The first-order chi connectivity index (χ1) is 12.5. The predicted octanol–water partition coefficient (Wildman–Crippen LogP) is 4.11. The summed E-state index contributed by atoms with van der Waals surface area (Å²) in [6, 6.07) is 10.0. The van der Waals surface area contributed by atoms with Gasteiger partial charge in [-0.1, -0.05) is 23.7 Å². The zero-order valence-electron chi connectivity index (χ0n) is 15.5. The second kappa shape index (κ2) is 10.4. The molecule has 6 heteroatoms. The molecule has 0 aliphatic heterocycles. The van der Waals surface area contributed by atoms with Crippen LogP contribution >= 0.6 is 11.6 Å². The number of nitrogens with zero attached hydrogens (tertiary/aromatic N) is 1. The third kappa shape index (κ3) is 6.48. The molecule has 0 spiro atoms. The number of ether oxygens (including phenoxy) is 2. The van der Waals surface area contributed by atoms with E-state index in [1.54, 1.807) is 12.1 Å². The summed E-state index contributed by atoms with van der Waals surface area (Å²) in [6.07, 6.45) is 0. The summed E-state index contributed by atoms with van der Waals surface area (Å²) in [6.45, 7) is 5.27. The lowest BCUT2D eigenvalue weighted by atomic mass is 10.2. The van der Waals surface area contributed by atoms with E-state index < -0.39 is 0 Å². The van der Waals surface area contributed by atoms with Crippen LogP contribution in [0.1, 0.15) is 18.1 Å². The number of nitrogens with one attached hydrogen (secondary N) is 1. The van der Waals surface area contributed by atoms with Crippen molar-refractivity contribution in [2.24, 2.45) is 0 Å².